The number of hydrogen-bond acceptors (Lipinski definition) is 3. The van der Waals surface area contributed by atoms with E-state index in [0.717, 1.165) is 5.56 Å². The highest BCUT2D eigenvalue weighted by Gasteiger charge is 2.26. The summed E-state index contributed by atoms with van der Waals surface area (Å²) in [6.07, 6.45) is 0. The molecule has 0 radical (unpaired) electrons. The molecule has 2 aromatic rings. The second-order valence-electron chi connectivity index (χ2n) is 6.50. The van der Waals surface area contributed by atoms with Gasteiger partial charge in [0.1, 0.15) is 0 Å². The van der Waals surface area contributed by atoms with Crippen LogP contribution in [0, 0.1) is 5.41 Å². The number of thiocarbonyl (C=S) groups is 1. The van der Waals surface area contributed by atoms with E-state index < -0.39 is 6.03 Å². The van der Waals surface area contributed by atoms with E-state index in [4.69, 9.17) is 17.0 Å². The molecule has 0 atom stereocenters. The lowest BCUT2D eigenvalue weighted by atomic mass is 9.85. The fraction of sp³-hybridized carbons (Fsp3) is 0.250. The lowest BCUT2D eigenvalue weighted by Crippen LogP contribution is -2.36. The number of anilines is 1. The van der Waals surface area contributed by atoms with Crippen molar-refractivity contribution < 1.29 is 9.53 Å². The van der Waals surface area contributed by atoms with E-state index >= 15 is 0 Å². The lowest BCUT2D eigenvalue weighted by Gasteiger charge is -2.24. The third kappa shape index (κ3) is 4.73. The predicted molar refractivity (Wildman–Crippen MR) is 106 cm³/mol. The van der Waals surface area contributed by atoms with Crippen LogP contribution < -0.4 is 4.90 Å². The molecular weight excluding hydrogens is 332 g/mol. The van der Waals surface area contributed by atoms with Crippen molar-refractivity contribution in [2.45, 2.75) is 20.8 Å². The summed E-state index contributed by atoms with van der Waals surface area (Å²) in [7, 11) is 1.44. The average molecular weight is 354 g/mol. The fourth-order valence-corrected chi connectivity index (χ4v) is 2.55. The van der Waals surface area contributed by atoms with E-state index in [1.165, 1.54) is 12.0 Å². The molecule has 0 N–H and O–H groups in total. The molecule has 130 valence electrons. The summed E-state index contributed by atoms with van der Waals surface area (Å²) in [5, 5.41) is 0.0567. The highest BCUT2D eigenvalue weighted by Crippen LogP contribution is 2.24. The highest BCUT2D eigenvalue weighted by molar-refractivity contribution is 7.80. The normalized spacial score (nSPS) is 11.8. The van der Waals surface area contributed by atoms with Crippen LogP contribution in [0.15, 0.2) is 65.7 Å². The van der Waals surface area contributed by atoms with Gasteiger partial charge in [0, 0.05) is 5.41 Å². The van der Waals surface area contributed by atoms with E-state index in [-0.39, 0.29) is 10.6 Å². The van der Waals surface area contributed by atoms with Crippen LogP contribution in [0.4, 0.5) is 10.5 Å². The van der Waals surface area contributed by atoms with Gasteiger partial charge in [-0.1, -0.05) is 69.3 Å². The van der Waals surface area contributed by atoms with Gasteiger partial charge in [0.25, 0.3) is 5.17 Å². The van der Waals surface area contributed by atoms with Gasteiger partial charge in [-0.25, -0.2) is 9.69 Å². The van der Waals surface area contributed by atoms with Gasteiger partial charge in [-0.2, -0.15) is 4.99 Å². The molecule has 0 bridgehead atoms. The van der Waals surface area contributed by atoms with Crippen LogP contribution in [0.25, 0.3) is 0 Å². The van der Waals surface area contributed by atoms with Crippen molar-refractivity contribution in [3.8, 4) is 0 Å². The number of amides is 2. The maximum Gasteiger partial charge on any atom is 0.355 e. The quantitative estimate of drug-likeness (QED) is 0.558. The Kier molecular flexibility index (Phi) is 6.04. The van der Waals surface area contributed by atoms with E-state index in [1.54, 1.807) is 12.1 Å². The molecule has 0 aliphatic carbocycles. The van der Waals surface area contributed by atoms with Crippen LogP contribution in [0.1, 0.15) is 26.3 Å². The number of urea groups is 1. The van der Waals surface area contributed by atoms with Gasteiger partial charge in [-0.05, 0) is 29.9 Å². The number of carbonyl (C=O) groups excluding carboxylic acids is 1. The van der Waals surface area contributed by atoms with Crippen molar-refractivity contribution in [2.24, 2.45) is 10.4 Å². The Morgan fingerprint density at radius 2 is 1.52 bits per heavy atom. The summed E-state index contributed by atoms with van der Waals surface area (Å²) in [6.45, 7) is 6.06. The summed E-state index contributed by atoms with van der Waals surface area (Å²) in [4.78, 5) is 18.6. The van der Waals surface area contributed by atoms with E-state index in [1.807, 2.05) is 69.3 Å². The second-order valence-corrected chi connectivity index (χ2v) is 6.85. The largest absolute Gasteiger partial charge is 0.474 e. The van der Waals surface area contributed by atoms with Crippen molar-refractivity contribution in [2.75, 3.05) is 12.0 Å². The van der Waals surface area contributed by atoms with Crippen molar-refractivity contribution in [1.29, 1.82) is 0 Å². The number of hydrogen-bond donors (Lipinski definition) is 0. The maximum atomic E-state index is 12.9. The van der Waals surface area contributed by atoms with Crippen LogP contribution >= 0.6 is 12.2 Å². The molecule has 0 aromatic heterocycles. The van der Waals surface area contributed by atoms with Gasteiger partial charge in [-0.15, -0.1) is 0 Å². The minimum absolute atomic E-state index is 0.0567. The number of methoxy groups -OCH3 is 1. The van der Waals surface area contributed by atoms with Crippen molar-refractivity contribution in [3.05, 3.63) is 66.2 Å². The van der Waals surface area contributed by atoms with E-state index in [9.17, 15) is 4.79 Å². The maximum absolute atomic E-state index is 12.9. The number of nitrogens with zero attached hydrogens (tertiary/aromatic N) is 2. The molecule has 0 aliphatic heterocycles. The second kappa shape index (κ2) is 8.03. The van der Waals surface area contributed by atoms with Crippen molar-refractivity contribution >= 4 is 34.8 Å². The Bertz CT molecular complexity index is 765. The standard InChI is InChI=1S/C20H22N2O2S/c1-20(2,3)17(15-11-7-5-8-12-15)21-18(23)22(19(25)24-4)16-13-9-6-10-14-16/h5-14H,1-4H3. The molecular formula is C20H22N2O2S. The minimum Gasteiger partial charge on any atom is -0.474 e. The summed E-state index contributed by atoms with van der Waals surface area (Å²) < 4.78 is 5.13. The Labute approximate surface area is 154 Å². The van der Waals surface area contributed by atoms with E-state index in [0.29, 0.717) is 11.4 Å². The van der Waals surface area contributed by atoms with Gasteiger partial charge in [0.2, 0.25) is 0 Å². The third-order valence-electron chi connectivity index (χ3n) is 3.53. The zero-order valence-electron chi connectivity index (χ0n) is 14.9. The number of carbonyl (C=O) groups is 1. The monoisotopic (exact) mass is 354 g/mol. The van der Waals surface area contributed by atoms with Crippen molar-refractivity contribution in [1.82, 2.24) is 0 Å². The molecule has 0 saturated carbocycles. The Balaban J connectivity index is 2.50. The summed E-state index contributed by atoms with van der Waals surface area (Å²) >= 11 is 5.21. The SMILES string of the molecule is COC(=S)N(C(=O)N=C(c1ccccc1)C(C)(C)C)c1ccccc1. The molecule has 0 aliphatic rings. The van der Waals surface area contributed by atoms with Crippen molar-refractivity contribution in [3.63, 3.8) is 0 Å². The van der Waals surface area contributed by atoms with Gasteiger partial charge in [0.15, 0.2) is 0 Å². The molecule has 2 rings (SSSR count). The summed E-state index contributed by atoms with van der Waals surface area (Å²) in [5.41, 5.74) is 1.90. The summed E-state index contributed by atoms with van der Waals surface area (Å²) in [6, 6.07) is 18.3. The average Bonchev–Trinajstić information content (AvgIpc) is 2.60. The number of ether oxygens (including phenoxy) is 1. The molecule has 2 aromatic carbocycles. The zero-order chi connectivity index (χ0) is 18.4. The predicted octanol–water partition coefficient (Wildman–Crippen LogP) is 5.08. The van der Waals surface area contributed by atoms with Crippen LogP contribution in [0.5, 0.6) is 0 Å². The Morgan fingerprint density at radius 3 is 2.00 bits per heavy atom. The molecule has 0 fully saturated rings. The first-order chi connectivity index (χ1) is 11.8. The number of benzene rings is 2. The first-order valence-electron chi connectivity index (χ1n) is 7.96. The van der Waals surface area contributed by atoms with Gasteiger partial charge in [0.05, 0.1) is 18.5 Å². The van der Waals surface area contributed by atoms with E-state index in [2.05, 4.69) is 4.99 Å². The lowest BCUT2D eigenvalue weighted by molar-refractivity contribution is 0.255. The number of aliphatic imine (C=N–C) groups is 1. The molecule has 0 heterocycles. The van der Waals surface area contributed by atoms with Crippen LogP contribution in [-0.2, 0) is 4.74 Å². The summed E-state index contributed by atoms with van der Waals surface area (Å²) in [5.74, 6) is 0. The fourth-order valence-electron chi connectivity index (χ4n) is 2.37. The topological polar surface area (TPSA) is 41.9 Å². The Morgan fingerprint density at radius 1 is 1.00 bits per heavy atom. The van der Waals surface area contributed by atoms with Gasteiger partial charge in [-0.3, -0.25) is 0 Å². The molecule has 2 amide bonds. The molecule has 0 spiro atoms. The number of para-hydroxylation sites is 1. The molecule has 0 unspecified atom stereocenters. The smallest absolute Gasteiger partial charge is 0.355 e. The Hall–Kier alpha value is -2.53. The van der Waals surface area contributed by atoms with Crippen LogP contribution in [-0.4, -0.2) is 24.0 Å². The first-order valence-corrected chi connectivity index (χ1v) is 8.37. The van der Waals surface area contributed by atoms with Crippen LogP contribution in [0.3, 0.4) is 0 Å². The van der Waals surface area contributed by atoms with Gasteiger partial charge < -0.3 is 4.74 Å². The third-order valence-corrected chi connectivity index (χ3v) is 3.88. The zero-order valence-corrected chi connectivity index (χ0v) is 15.7. The minimum atomic E-state index is -0.480. The first kappa shape index (κ1) is 18.8. The molecule has 0 saturated heterocycles. The number of rotatable bonds is 2. The van der Waals surface area contributed by atoms with Crippen LogP contribution in [0.2, 0.25) is 0 Å². The molecule has 4 nitrogen and oxygen atoms in total. The van der Waals surface area contributed by atoms with Gasteiger partial charge >= 0.3 is 6.03 Å². The highest BCUT2D eigenvalue weighted by atomic mass is 32.1. The molecule has 25 heavy (non-hydrogen) atoms. The molecule has 5 heteroatoms.